The average molecular weight is 232 g/mol. The van der Waals surface area contributed by atoms with Gasteiger partial charge in [0, 0.05) is 5.56 Å². The lowest BCUT2D eigenvalue weighted by atomic mass is 10.0. The Bertz CT molecular complexity index is 355. The number of nitrogens with two attached hydrogens (primary N) is 1. The Labute approximate surface area is 94.5 Å². The second kappa shape index (κ2) is 5.58. The zero-order chi connectivity index (χ0) is 10.7. The van der Waals surface area contributed by atoms with Crippen molar-refractivity contribution >= 4 is 18.4 Å². The van der Waals surface area contributed by atoms with Crippen molar-refractivity contribution in [2.24, 2.45) is 5.73 Å². The zero-order valence-electron chi connectivity index (χ0n) is 8.56. The third-order valence-electron chi connectivity index (χ3n) is 1.97. The van der Waals surface area contributed by atoms with Crippen LogP contribution in [-0.4, -0.2) is 18.2 Å². The molecule has 0 saturated carbocycles. The highest BCUT2D eigenvalue weighted by molar-refractivity contribution is 5.85. The summed E-state index contributed by atoms with van der Waals surface area (Å²) in [6, 6.07) is 3.98. The van der Waals surface area contributed by atoms with Crippen LogP contribution in [0.5, 0.6) is 5.75 Å². The summed E-state index contributed by atoms with van der Waals surface area (Å²) in [5.74, 6) is -0.556. The molecule has 0 saturated heterocycles. The summed E-state index contributed by atoms with van der Waals surface area (Å²) in [6.07, 6.45) is 0. The van der Waals surface area contributed by atoms with Crippen LogP contribution in [-0.2, 0) is 9.53 Å². The van der Waals surface area contributed by atoms with E-state index in [2.05, 4.69) is 4.74 Å². The van der Waals surface area contributed by atoms with Crippen LogP contribution < -0.4 is 5.73 Å². The highest BCUT2D eigenvalue weighted by Crippen LogP contribution is 2.24. The number of methoxy groups -OCH3 is 1. The molecule has 0 aliphatic carbocycles. The van der Waals surface area contributed by atoms with Gasteiger partial charge in [-0.3, -0.25) is 4.79 Å². The number of aryl methyl sites for hydroxylation is 1. The van der Waals surface area contributed by atoms with Gasteiger partial charge in [0.05, 0.1) is 7.11 Å². The third kappa shape index (κ3) is 3.11. The molecule has 0 spiro atoms. The molecular weight excluding hydrogens is 218 g/mol. The molecule has 15 heavy (non-hydrogen) atoms. The topological polar surface area (TPSA) is 72.5 Å². The summed E-state index contributed by atoms with van der Waals surface area (Å²) in [5.41, 5.74) is 6.90. The molecule has 3 N–H and O–H groups in total. The number of rotatable bonds is 2. The number of carbonyl (C=O) groups excluding carboxylic acids is 1. The van der Waals surface area contributed by atoms with E-state index < -0.39 is 12.0 Å². The normalized spacial score (nSPS) is 11.4. The molecule has 0 fully saturated rings. The van der Waals surface area contributed by atoms with Gasteiger partial charge in [0.15, 0.2) is 0 Å². The number of esters is 1. The Balaban J connectivity index is 0.00000196. The van der Waals surface area contributed by atoms with Gasteiger partial charge in [-0.2, -0.15) is 0 Å². The van der Waals surface area contributed by atoms with Gasteiger partial charge in [-0.15, -0.1) is 12.4 Å². The minimum atomic E-state index is -0.931. The molecule has 1 aromatic carbocycles. The second-order valence-corrected chi connectivity index (χ2v) is 3.06. The first-order chi connectivity index (χ1) is 6.56. The molecule has 5 heteroatoms. The molecule has 1 rings (SSSR count). The van der Waals surface area contributed by atoms with Crippen molar-refractivity contribution in [1.29, 1.82) is 0 Å². The molecule has 0 aromatic heterocycles. The Kier molecular flexibility index (Phi) is 5.11. The third-order valence-corrected chi connectivity index (χ3v) is 1.97. The van der Waals surface area contributed by atoms with Crippen molar-refractivity contribution in [3.63, 3.8) is 0 Å². The average Bonchev–Trinajstić information content (AvgIpc) is 2.19. The van der Waals surface area contributed by atoms with Gasteiger partial charge < -0.3 is 15.6 Å². The van der Waals surface area contributed by atoms with E-state index in [1.807, 2.05) is 6.92 Å². The maximum absolute atomic E-state index is 11.1. The van der Waals surface area contributed by atoms with Gasteiger partial charge in [-0.05, 0) is 13.0 Å². The maximum Gasteiger partial charge on any atom is 0.327 e. The first-order valence-corrected chi connectivity index (χ1v) is 4.19. The van der Waals surface area contributed by atoms with E-state index in [-0.39, 0.29) is 18.2 Å². The van der Waals surface area contributed by atoms with Crippen molar-refractivity contribution < 1.29 is 14.6 Å². The summed E-state index contributed by atoms with van der Waals surface area (Å²) in [5, 5.41) is 9.46. The lowest BCUT2D eigenvalue weighted by Crippen LogP contribution is -2.22. The van der Waals surface area contributed by atoms with E-state index >= 15 is 0 Å². The van der Waals surface area contributed by atoms with Crippen molar-refractivity contribution in [3.8, 4) is 5.75 Å². The van der Waals surface area contributed by atoms with E-state index in [9.17, 15) is 9.90 Å². The fourth-order valence-corrected chi connectivity index (χ4v) is 1.18. The van der Waals surface area contributed by atoms with Gasteiger partial charge in [-0.1, -0.05) is 17.7 Å². The van der Waals surface area contributed by atoms with E-state index in [4.69, 9.17) is 5.73 Å². The molecule has 84 valence electrons. The molecule has 0 amide bonds. The molecule has 0 aliphatic rings. The van der Waals surface area contributed by atoms with Crippen LogP contribution in [0.3, 0.4) is 0 Å². The fourth-order valence-electron chi connectivity index (χ4n) is 1.18. The summed E-state index contributed by atoms with van der Waals surface area (Å²) < 4.78 is 4.49. The fraction of sp³-hybridized carbons (Fsp3) is 0.300. The summed E-state index contributed by atoms with van der Waals surface area (Å²) >= 11 is 0. The molecule has 0 radical (unpaired) electrons. The number of hydrogen-bond donors (Lipinski definition) is 2. The van der Waals surface area contributed by atoms with E-state index in [0.717, 1.165) is 5.56 Å². The second-order valence-electron chi connectivity index (χ2n) is 3.06. The number of ether oxygens (including phenoxy) is 1. The van der Waals surface area contributed by atoms with Crippen LogP contribution in [0, 0.1) is 6.92 Å². The van der Waals surface area contributed by atoms with E-state index in [0.29, 0.717) is 5.56 Å². The molecule has 0 aliphatic heterocycles. The largest absolute Gasteiger partial charge is 0.508 e. The molecule has 4 nitrogen and oxygen atoms in total. The lowest BCUT2D eigenvalue weighted by molar-refractivity contribution is -0.142. The Hall–Kier alpha value is -1.26. The van der Waals surface area contributed by atoms with E-state index in [1.165, 1.54) is 13.2 Å². The van der Waals surface area contributed by atoms with Crippen LogP contribution >= 0.6 is 12.4 Å². The predicted molar refractivity (Wildman–Crippen MR) is 59.0 cm³/mol. The van der Waals surface area contributed by atoms with Gasteiger partial charge in [-0.25, -0.2) is 0 Å². The summed E-state index contributed by atoms with van der Waals surface area (Å²) in [4.78, 5) is 11.1. The van der Waals surface area contributed by atoms with Crippen LogP contribution in [0.4, 0.5) is 0 Å². The number of phenols is 1. The van der Waals surface area contributed by atoms with E-state index in [1.54, 1.807) is 12.1 Å². The van der Waals surface area contributed by atoms with Crippen molar-refractivity contribution in [3.05, 3.63) is 29.3 Å². The van der Waals surface area contributed by atoms with Gasteiger partial charge in [0.25, 0.3) is 0 Å². The minimum Gasteiger partial charge on any atom is -0.508 e. The standard InChI is InChI=1S/C10H13NO3.ClH/c1-6-3-4-8(12)7(5-6)9(11)10(13)14-2;/h3-5,9,12H,11H2,1-2H3;1H/t9-;/m1./s1. The summed E-state index contributed by atoms with van der Waals surface area (Å²) in [7, 11) is 1.26. The first-order valence-electron chi connectivity index (χ1n) is 4.19. The molecule has 0 heterocycles. The van der Waals surface area contributed by atoms with Crippen LogP contribution in [0.25, 0.3) is 0 Å². The number of carbonyl (C=O) groups is 1. The zero-order valence-corrected chi connectivity index (χ0v) is 9.38. The predicted octanol–water partition coefficient (Wildman–Crippen LogP) is 1.30. The van der Waals surface area contributed by atoms with Crippen LogP contribution in [0.15, 0.2) is 18.2 Å². The highest BCUT2D eigenvalue weighted by atomic mass is 35.5. The minimum absolute atomic E-state index is 0. The Morgan fingerprint density at radius 1 is 1.53 bits per heavy atom. The molecule has 1 aromatic rings. The van der Waals surface area contributed by atoms with Crippen LogP contribution in [0.1, 0.15) is 17.2 Å². The lowest BCUT2D eigenvalue weighted by Gasteiger charge is -2.11. The molecule has 0 bridgehead atoms. The highest BCUT2D eigenvalue weighted by Gasteiger charge is 2.19. The van der Waals surface area contributed by atoms with Gasteiger partial charge in [0.2, 0.25) is 0 Å². The number of aromatic hydroxyl groups is 1. The van der Waals surface area contributed by atoms with Crippen molar-refractivity contribution in [2.75, 3.05) is 7.11 Å². The molecular formula is C10H14ClNO3. The van der Waals surface area contributed by atoms with Crippen molar-refractivity contribution in [2.45, 2.75) is 13.0 Å². The number of phenolic OH excluding ortho intramolecular Hbond substituents is 1. The first kappa shape index (κ1) is 13.7. The van der Waals surface area contributed by atoms with Crippen LogP contribution in [0.2, 0.25) is 0 Å². The van der Waals surface area contributed by atoms with Gasteiger partial charge in [0.1, 0.15) is 11.8 Å². The molecule has 0 unspecified atom stereocenters. The number of benzene rings is 1. The maximum atomic E-state index is 11.1. The quantitative estimate of drug-likeness (QED) is 0.753. The summed E-state index contributed by atoms with van der Waals surface area (Å²) in [6.45, 7) is 1.85. The SMILES string of the molecule is COC(=O)[C@H](N)c1cc(C)ccc1O.Cl. The van der Waals surface area contributed by atoms with Gasteiger partial charge >= 0.3 is 5.97 Å². The Morgan fingerprint density at radius 3 is 2.67 bits per heavy atom. The Morgan fingerprint density at radius 2 is 2.13 bits per heavy atom. The monoisotopic (exact) mass is 231 g/mol. The number of halogens is 1. The number of hydrogen-bond acceptors (Lipinski definition) is 4. The van der Waals surface area contributed by atoms with Crippen molar-refractivity contribution in [1.82, 2.24) is 0 Å². The molecule has 1 atom stereocenters. The smallest absolute Gasteiger partial charge is 0.327 e.